The molecule has 0 aliphatic carbocycles. The zero-order valence-corrected chi connectivity index (χ0v) is 26.5. The van der Waals surface area contributed by atoms with Gasteiger partial charge in [0.1, 0.15) is 10.8 Å². The maximum atomic E-state index is 12.4. The van der Waals surface area contributed by atoms with Crippen LogP contribution in [0, 0.1) is 13.8 Å². The summed E-state index contributed by atoms with van der Waals surface area (Å²) >= 11 is 2.79. The highest BCUT2D eigenvalue weighted by atomic mass is 32.1. The number of nitrogens with zero attached hydrogens (tertiary/aromatic N) is 5. The first-order chi connectivity index (χ1) is 22.2. The van der Waals surface area contributed by atoms with Gasteiger partial charge in [0.25, 0.3) is 0 Å². The number of hydrazine groups is 2. The molecule has 15 heteroatoms. The average Bonchev–Trinajstić information content (AvgIpc) is 3.81. The van der Waals surface area contributed by atoms with Crippen molar-refractivity contribution in [3.05, 3.63) is 83.9 Å². The summed E-state index contributed by atoms with van der Waals surface area (Å²) in [4.78, 5) is 6.75. The minimum absolute atomic E-state index is 0.315. The lowest BCUT2D eigenvalue weighted by Crippen LogP contribution is -2.16. The van der Waals surface area contributed by atoms with Gasteiger partial charge in [0.15, 0.2) is 5.82 Å². The standard InChI is InChI=1S/C31H30F3N9OS2/c1-19-18-23(37-40-27-13-14-28(45-27)43-15-3-4-16-43)8-11-25(19)38-36-22-7-12-26(20(2)17-22)39-41-30-35-29(42-46-30)21-5-9-24(10-6-21)44-31(32,33)34/h5-14,17-18,36-38,40H,3-4,15-16H2,1-2H3. The van der Waals surface area contributed by atoms with Gasteiger partial charge in [-0.15, -0.1) is 23.4 Å². The average molecular weight is 666 g/mol. The van der Waals surface area contributed by atoms with Gasteiger partial charge >= 0.3 is 6.36 Å². The summed E-state index contributed by atoms with van der Waals surface area (Å²) in [5.74, 6) is 0.0219. The van der Waals surface area contributed by atoms with Crippen molar-refractivity contribution in [1.29, 1.82) is 0 Å². The van der Waals surface area contributed by atoms with Crippen molar-refractivity contribution >= 4 is 60.8 Å². The minimum atomic E-state index is -4.75. The summed E-state index contributed by atoms with van der Waals surface area (Å²) in [6.45, 7) is 6.23. The van der Waals surface area contributed by atoms with Crippen LogP contribution in [0.4, 0.5) is 51.1 Å². The third-order valence-corrected chi connectivity index (χ3v) is 8.77. The fourth-order valence-electron chi connectivity index (χ4n) is 4.78. The topological polar surface area (TPSA) is 111 Å². The molecule has 1 fully saturated rings. The van der Waals surface area contributed by atoms with E-state index < -0.39 is 6.36 Å². The molecule has 0 amide bonds. The van der Waals surface area contributed by atoms with E-state index in [0.717, 1.165) is 57.8 Å². The number of halogens is 3. The van der Waals surface area contributed by atoms with Gasteiger partial charge in [0.05, 0.1) is 27.8 Å². The molecule has 1 saturated heterocycles. The van der Waals surface area contributed by atoms with Crippen molar-refractivity contribution < 1.29 is 17.9 Å². The van der Waals surface area contributed by atoms with Crippen LogP contribution in [0.25, 0.3) is 11.4 Å². The SMILES string of the molecule is Cc1cc(NNc2ccc(NNc3ccc(N4CCCC4)s3)cc2C)ccc1N=Nc1nc(-c2ccc(OC(F)(F)F)cc2)ns1. The maximum Gasteiger partial charge on any atom is 0.573 e. The smallest absolute Gasteiger partial charge is 0.406 e. The number of ether oxygens (including phenoxy) is 1. The van der Waals surface area contributed by atoms with Gasteiger partial charge in [-0.3, -0.25) is 5.43 Å². The van der Waals surface area contributed by atoms with E-state index >= 15 is 0 Å². The van der Waals surface area contributed by atoms with Crippen molar-refractivity contribution in [3.63, 3.8) is 0 Å². The molecule has 0 spiro atoms. The first-order valence-corrected chi connectivity index (χ1v) is 16.0. The molecule has 0 atom stereocenters. The summed E-state index contributed by atoms with van der Waals surface area (Å²) in [5, 5.41) is 11.2. The van der Waals surface area contributed by atoms with Crippen LogP contribution in [0.2, 0.25) is 0 Å². The first-order valence-electron chi connectivity index (χ1n) is 14.4. The monoisotopic (exact) mass is 665 g/mol. The van der Waals surface area contributed by atoms with Crippen molar-refractivity contribution in [1.82, 2.24) is 9.36 Å². The quantitative estimate of drug-likeness (QED) is 0.0815. The second kappa shape index (κ2) is 13.6. The van der Waals surface area contributed by atoms with Crippen LogP contribution >= 0.6 is 22.9 Å². The third-order valence-electron chi connectivity index (χ3n) is 7.11. The molecule has 0 bridgehead atoms. The number of anilines is 5. The molecule has 0 radical (unpaired) electrons. The highest BCUT2D eigenvalue weighted by molar-refractivity contribution is 7.20. The largest absolute Gasteiger partial charge is 0.573 e. The van der Waals surface area contributed by atoms with Gasteiger partial charge in [-0.05, 0) is 111 Å². The van der Waals surface area contributed by atoms with Gasteiger partial charge in [0.2, 0.25) is 5.13 Å². The van der Waals surface area contributed by atoms with Gasteiger partial charge in [-0.25, -0.2) is 0 Å². The Morgan fingerprint density at radius 3 is 2.24 bits per heavy atom. The van der Waals surface area contributed by atoms with Crippen LogP contribution in [-0.2, 0) is 0 Å². The first kappa shape index (κ1) is 31.1. The lowest BCUT2D eigenvalue weighted by atomic mass is 10.2. The Balaban J connectivity index is 1.00. The number of hydrogen-bond donors (Lipinski definition) is 4. The van der Waals surface area contributed by atoms with E-state index in [2.05, 4.69) is 69.1 Å². The molecule has 3 aromatic carbocycles. The summed E-state index contributed by atoms with van der Waals surface area (Å²) in [7, 11) is 0. The van der Waals surface area contributed by atoms with Crippen molar-refractivity contribution in [3.8, 4) is 17.1 Å². The molecule has 10 nitrogen and oxygen atoms in total. The fourth-order valence-corrected chi connectivity index (χ4v) is 6.21. The van der Waals surface area contributed by atoms with Crippen LogP contribution in [0.3, 0.4) is 0 Å². The molecular formula is C31H30F3N9OS2. The molecule has 46 heavy (non-hydrogen) atoms. The second-order valence-electron chi connectivity index (χ2n) is 10.5. The lowest BCUT2D eigenvalue weighted by molar-refractivity contribution is -0.274. The number of thiophene rings is 1. The Labute approximate surface area is 271 Å². The maximum absolute atomic E-state index is 12.4. The zero-order valence-electron chi connectivity index (χ0n) is 24.9. The van der Waals surface area contributed by atoms with Gasteiger partial charge in [-0.2, -0.15) is 9.36 Å². The molecule has 0 unspecified atom stereocenters. The number of aryl methyl sites for hydroxylation is 2. The molecular weight excluding hydrogens is 636 g/mol. The third kappa shape index (κ3) is 8.03. The van der Waals surface area contributed by atoms with E-state index in [9.17, 15) is 13.2 Å². The fraction of sp³-hybridized carbons (Fsp3) is 0.226. The Hall–Kier alpha value is -4.89. The molecule has 2 aromatic heterocycles. The molecule has 1 aliphatic heterocycles. The Morgan fingerprint density at radius 2 is 1.52 bits per heavy atom. The van der Waals surface area contributed by atoms with E-state index in [1.165, 1.54) is 42.1 Å². The van der Waals surface area contributed by atoms with E-state index in [1.807, 2.05) is 44.2 Å². The predicted octanol–water partition coefficient (Wildman–Crippen LogP) is 9.68. The van der Waals surface area contributed by atoms with Crippen molar-refractivity contribution in [2.24, 2.45) is 10.2 Å². The van der Waals surface area contributed by atoms with Crippen LogP contribution in [0.15, 0.2) is 83.0 Å². The van der Waals surface area contributed by atoms with Crippen LogP contribution in [0.5, 0.6) is 5.75 Å². The zero-order chi connectivity index (χ0) is 32.1. The lowest BCUT2D eigenvalue weighted by Gasteiger charge is -2.15. The number of azo groups is 1. The Kier molecular flexibility index (Phi) is 9.21. The molecule has 3 heterocycles. The molecule has 4 N–H and O–H groups in total. The van der Waals surface area contributed by atoms with Gasteiger partial charge in [0, 0.05) is 30.2 Å². The number of nitrogens with one attached hydrogen (secondary N) is 4. The summed E-state index contributed by atoms with van der Waals surface area (Å²) in [5.41, 5.74) is 19.0. The number of hydrogen-bond acceptors (Lipinski definition) is 12. The minimum Gasteiger partial charge on any atom is -0.406 e. The summed E-state index contributed by atoms with van der Waals surface area (Å²) in [6.07, 6.45) is -2.23. The van der Waals surface area contributed by atoms with Gasteiger partial charge in [-0.1, -0.05) is 11.3 Å². The Bertz CT molecular complexity index is 1820. The molecule has 238 valence electrons. The van der Waals surface area contributed by atoms with E-state index in [4.69, 9.17) is 0 Å². The molecule has 5 aromatic rings. The predicted molar refractivity (Wildman–Crippen MR) is 179 cm³/mol. The van der Waals surface area contributed by atoms with Crippen molar-refractivity contribution in [2.75, 3.05) is 39.7 Å². The highest BCUT2D eigenvalue weighted by Gasteiger charge is 2.31. The Morgan fingerprint density at radius 1 is 0.804 bits per heavy atom. The van der Waals surface area contributed by atoms with E-state index in [0.29, 0.717) is 22.2 Å². The molecule has 1 aliphatic rings. The highest BCUT2D eigenvalue weighted by Crippen LogP contribution is 2.33. The van der Waals surface area contributed by atoms with Crippen LogP contribution in [0.1, 0.15) is 24.0 Å². The summed E-state index contributed by atoms with van der Waals surface area (Å²) in [6, 6.07) is 21.4. The normalized spacial score (nSPS) is 13.3. The number of rotatable bonds is 11. The van der Waals surface area contributed by atoms with Crippen LogP contribution < -0.4 is 31.3 Å². The number of alkyl halides is 3. The number of aromatic nitrogens is 2. The molecule has 0 saturated carbocycles. The summed E-state index contributed by atoms with van der Waals surface area (Å²) < 4.78 is 45.3. The number of benzene rings is 3. The van der Waals surface area contributed by atoms with Gasteiger partial charge < -0.3 is 25.9 Å². The second-order valence-corrected chi connectivity index (χ2v) is 12.3. The van der Waals surface area contributed by atoms with Crippen molar-refractivity contribution in [2.45, 2.75) is 33.1 Å². The van der Waals surface area contributed by atoms with E-state index in [-0.39, 0.29) is 5.75 Å². The molecule has 6 rings (SSSR count). The van der Waals surface area contributed by atoms with Crippen LogP contribution in [-0.4, -0.2) is 28.8 Å². The van der Waals surface area contributed by atoms with E-state index in [1.54, 1.807) is 11.3 Å².